The van der Waals surface area contributed by atoms with Crippen molar-refractivity contribution >= 4 is 15.8 Å². The fourth-order valence-corrected chi connectivity index (χ4v) is 4.50. The van der Waals surface area contributed by atoms with E-state index in [2.05, 4.69) is 0 Å². The summed E-state index contributed by atoms with van der Waals surface area (Å²) in [4.78, 5) is 10.5. The molecule has 0 fully saturated rings. The van der Waals surface area contributed by atoms with Crippen molar-refractivity contribution in [1.29, 1.82) is 0 Å². The topological polar surface area (TPSA) is 97.5 Å². The minimum Gasteiger partial charge on any atom is -0.282 e. The zero-order valence-electron chi connectivity index (χ0n) is 13.4. The Morgan fingerprint density at radius 2 is 1.46 bits per heavy atom. The first-order chi connectivity index (χ1) is 12.4. The highest BCUT2D eigenvalue weighted by Gasteiger charge is 2.31. The lowest BCUT2D eigenvalue weighted by molar-refractivity contribution is -0.384. The molecule has 6 nitrogen and oxygen atoms in total. The second-order valence-electron chi connectivity index (χ2n) is 6.05. The number of rotatable bonds is 3. The number of para-hydroxylation sites is 1. The highest BCUT2D eigenvalue weighted by Crippen LogP contribution is 2.44. The quantitative estimate of drug-likeness (QED) is 0.334. The normalized spacial score (nSPS) is 12.5. The summed E-state index contributed by atoms with van der Waals surface area (Å²) in [5.74, 6) is 0. The first-order valence-corrected chi connectivity index (χ1v) is 9.27. The van der Waals surface area contributed by atoms with Crippen LogP contribution in [0.5, 0.6) is 0 Å². The maximum atomic E-state index is 12.2. The zero-order chi connectivity index (χ0) is 18.5. The molecule has 4 rings (SSSR count). The monoisotopic (exact) mass is 367 g/mol. The summed E-state index contributed by atoms with van der Waals surface area (Å²) < 4.78 is 34.3. The van der Waals surface area contributed by atoms with Crippen LogP contribution in [0.15, 0.2) is 65.6 Å². The van der Waals surface area contributed by atoms with Gasteiger partial charge in [0.2, 0.25) is 0 Å². The largest absolute Gasteiger partial charge is 0.295 e. The van der Waals surface area contributed by atoms with Gasteiger partial charge in [0.05, 0.1) is 10.5 Å². The molecule has 7 heteroatoms. The molecule has 0 unspecified atom stereocenters. The van der Waals surface area contributed by atoms with Gasteiger partial charge in [0, 0.05) is 18.1 Å². The molecule has 0 bridgehead atoms. The van der Waals surface area contributed by atoms with Crippen molar-refractivity contribution in [3.8, 4) is 22.3 Å². The van der Waals surface area contributed by atoms with E-state index in [9.17, 15) is 23.1 Å². The lowest BCUT2D eigenvalue weighted by Crippen LogP contribution is -2.06. The van der Waals surface area contributed by atoms with Gasteiger partial charge in [0.1, 0.15) is 4.90 Å². The zero-order valence-corrected chi connectivity index (χ0v) is 14.2. The van der Waals surface area contributed by atoms with Crippen LogP contribution in [0.2, 0.25) is 0 Å². The average Bonchev–Trinajstić information content (AvgIpc) is 2.98. The Morgan fingerprint density at radius 3 is 2.15 bits per heavy atom. The minimum absolute atomic E-state index is 0.131. The number of fused-ring (bicyclic) bond motifs is 3. The van der Waals surface area contributed by atoms with Crippen LogP contribution >= 0.6 is 0 Å². The summed E-state index contributed by atoms with van der Waals surface area (Å²) in [5.41, 5.74) is 3.11. The van der Waals surface area contributed by atoms with E-state index in [0.717, 1.165) is 16.7 Å². The fourth-order valence-electron chi connectivity index (χ4n) is 3.55. The predicted molar refractivity (Wildman–Crippen MR) is 96.6 cm³/mol. The summed E-state index contributed by atoms with van der Waals surface area (Å²) >= 11 is 0. The Labute approximate surface area is 149 Å². The SMILES string of the molecule is O=[N+]([O-])c1ccccc1-c1ccc2c(c1S(=O)(=O)O)Cc1ccccc1-2. The van der Waals surface area contributed by atoms with Crippen LogP contribution in [0.1, 0.15) is 11.1 Å². The molecule has 1 aliphatic carbocycles. The van der Waals surface area contributed by atoms with E-state index in [0.29, 0.717) is 12.0 Å². The number of nitrogens with zero attached hydrogens (tertiary/aromatic N) is 1. The maximum Gasteiger partial charge on any atom is 0.295 e. The number of benzene rings is 3. The summed E-state index contributed by atoms with van der Waals surface area (Å²) in [6.07, 6.45) is 0.342. The van der Waals surface area contributed by atoms with Crippen molar-refractivity contribution in [2.24, 2.45) is 0 Å². The van der Waals surface area contributed by atoms with Gasteiger partial charge in [-0.15, -0.1) is 0 Å². The second-order valence-corrected chi connectivity index (χ2v) is 7.41. The van der Waals surface area contributed by atoms with E-state index in [1.54, 1.807) is 12.1 Å². The highest BCUT2D eigenvalue weighted by atomic mass is 32.2. The van der Waals surface area contributed by atoms with Crippen molar-refractivity contribution in [2.45, 2.75) is 11.3 Å². The maximum absolute atomic E-state index is 12.2. The molecule has 0 saturated carbocycles. The Kier molecular flexibility index (Phi) is 3.64. The van der Waals surface area contributed by atoms with Gasteiger partial charge in [-0.1, -0.05) is 48.5 Å². The molecule has 3 aromatic carbocycles. The molecule has 0 radical (unpaired) electrons. The number of hydrogen-bond acceptors (Lipinski definition) is 4. The van der Waals surface area contributed by atoms with E-state index in [-0.39, 0.29) is 21.7 Å². The molecule has 0 amide bonds. The first-order valence-electron chi connectivity index (χ1n) is 7.83. The molecular weight excluding hydrogens is 354 g/mol. The van der Waals surface area contributed by atoms with Gasteiger partial charge in [-0.2, -0.15) is 8.42 Å². The molecule has 26 heavy (non-hydrogen) atoms. The molecule has 3 aromatic rings. The molecule has 1 N–H and O–H groups in total. The molecule has 0 heterocycles. The summed E-state index contributed by atoms with van der Waals surface area (Å²) in [6, 6.07) is 16.7. The molecule has 0 spiro atoms. The molecule has 0 aliphatic heterocycles. The third-order valence-electron chi connectivity index (χ3n) is 4.58. The Balaban J connectivity index is 2.06. The number of nitro benzene ring substituents is 1. The van der Waals surface area contributed by atoms with Gasteiger partial charge < -0.3 is 0 Å². The van der Waals surface area contributed by atoms with Crippen LogP contribution in [-0.2, 0) is 16.5 Å². The van der Waals surface area contributed by atoms with Gasteiger partial charge in [0.25, 0.3) is 15.8 Å². The lowest BCUT2D eigenvalue weighted by Gasteiger charge is -2.13. The van der Waals surface area contributed by atoms with E-state index in [4.69, 9.17) is 0 Å². The van der Waals surface area contributed by atoms with Crippen molar-refractivity contribution in [3.63, 3.8) is 0 Å². The Bertz CT molecular complexity index is 1170. The predicted octanol–water partition coefficient (Wildman–Crippen LogP) is 4.08. The van der Waals surface area contributed by atoms with Crippen molar-refractivity contribution in [1.82, 2.24) is 0 Å². The Hall–Kier alpha value is -3.03. The summed E-state index contributed by atoms with van der Waals surface area (Å²) in [7, 11) is -4.59. The summed E-state index contributed by atoms with van der Waals surface area (Å²) in [5, 5.41) is 11.4. The van der Waals surface area contributed by atoms with Gasteiger partial charge >= 0.3 is 0 Å². The van der Waals surface area contributed by atoms with Gasteiger partial charge in [-0.05, 0) is 28.3 Å². The van der Waals surface area contributed by atoms with Crippen LogP contribution < -0.4 is 0 Å². The van der Waals surface area contributed by atoms with Gasteiger partial charge in [0.15, 0.2) is 0 Å². The van der Waals surface area contributed by atoms with E-state index in [1.807, 2.05) is 24.3 Å². The smallest absolute Gasteiger partial charge is 0.282 e. The highest BCUT2D eigenvalue weighted by molar-refractivity contribution is 7.86. The van der Waals surface area contributed by atoms with Crippen LogP contribution in [0, 0.1) is 10.1 Å². The molecule has 130 valence electrons. The van der Waals surface area contributed by atoms with Crippen molar-refractivity contribution in [3.05, 3.63) is 81.9 Å². The standard InChI is InChI=1S/C19H13NO5S/c21-20(22)18-8-4-3-7-15(18)16-10-9-14-13-6-2-1-5-12(13)11-17(14)19(16)26(23,24)25/h1-10H,11H2,(H,23,24,25). The van der Waals surface area contributed by atoms with Gasteiger partial charge in [-0.25, -0.2) is 0 Å². The van der Waals surface area contributed by atoms with E-state index in [1.165, 1.54) is 24.3 Å². The van der Waals surface area contributed by atoms with Crippen molar-refractivity contribution in [2.75, 3.05) is 0 Å². The Morgan fingerprint density at radius 1 is 0.846 bits per heavy atom. The molecule has 0 aromatic heterocycles. The van der Waals surface area contributed by atoms with E-state index >= 15 is 0 Å². The molecule has 1 aliphatic rings. The number of hydrogen-bond donors (Lipinski definition) is 1. The first kappa shape index (κ1) is 16.4. The third kappa shape index (κ3) is 2.49. The second kappa shape index (κ2) is 5.76. The fraction of sp³-hybridized carbons (Fsp3) is 0.0526. The van der Waals surface area contributed by atoms with Crippen LogP contribution in [0.25, 0.3) is 22.3 Å². The third-order valence-corrected chi connectivity index (χ3v) is 5.57. The van der Waals surface area contributed by atoms with Crippen LogP contribution in [0.4, 0.5) is 5.69 Å². The molecule has 0 saturated heterocycles. The average molecular weight is 367 g/mol. The molecular formula is C19H13NO5S. The van der Waals surface area contributed by atoms with E-state index < -0.39 is 15.0 Å². The van der Waals surface area contributed by atoms with Gasteiger partial charge in [-0.3, -0.25) is 14.7 Å². The molecule has 0 atom stereocenters. The minimum atomic E-state index is -4.59. The lowest BCUT2D eigenvalue weighted by atomic mass is 9.98. The van der Waals surface area contributed by atoms with Crippen LogP contribution in [0.3, 0.4) is 0 Å². The summed E-state index contributed by atoms with van der Waals surface area (Å²) in [6.45, 7) is 0. The van der Waals surface area contributed by atoms with Crippen LogP contribution in [-0.4, -0.2) is 17.9 Å². The van der Waals surface area contributed by atoms with Crippen molar-refractivity contribution < 1.29 is 17.9 Å². The number of nitro groups is 1.